The maximum atomic E-state index is 11.4. The highest BCUT2D eigenvalue weighted by Crippen LogP contribution is 2.20. The van der Waals surface area contributed by atoms with Crippen molar-refractivity contribution in [3.05, 3.63) is 29.8 Å². The van der Waals surface area contributed by atoms with Crippen LogP contribution < -0.4 is 10.1 Å². The molecule has 0 aliphatic heterocycles. The van der Waals surface area contributed by atoms with Crippen molar-refractivity contribution in [2.75, 3.05) is 13.7 Å². The Bertz CT molecular complexity index is 437. The van der Waals surface area contributed by atoms with Gasteiger partial charge in [0.15, 0.2) is 0 Å². The predicted octanol–water partition coefficient (Wildman–Crippen LogP) is 3.03. The van der Waals surface area contributed by atoms with Gasteiger partial charge in [-0.15, -0.1) is 0 Å². The number of carbonyl (C=O) groups is 1. The first-order chi connectivity index (χ1) is 9.81. The molecule has 0 saturated carbocycles. The molecule has 5 heteroatoms. The fourth-order valence-electron chi connectivity index (χ4n) is 1.79. The Labute approximate surface area is 126 Å². The molecule has 1 atom stereocenters. The van der Waals surface area contributed by atoms with Crippen LogP contribution in [0.2, 0.25) is 0 Å². The van der Waals surface area contributed by atoms with E-state index in [4.69, 9.17) is 9.47 Å². The lowest BCUT2D eigenvalue weighted by Crippen LogP contribution is -2.33. The molecule has 2 N–H and O–H groups in total. The van der Waals surface area contributed by atoms with Crippen LogP contribution in [0.3, 0.4) is 0 Å². The fraction of sp³-hybridized carbons (Fsp3) is 0.562. The molecule has 0 radical (unpaired) electrons. The van der Waals surface area contributed by atoms with Gasteiger partial charge < -0.3 is 19.9 Å². The lowest BCUT2D eigenvalue weighted by Gasteiger charge is -2.19. The number of hydrogen-bond donors (Lipinski definition) is 2. The first-order valence-electron chi connectivity index (χ1n) is 7.10. The van der Waals surface area contributed by atoms with Crippen molar-refractivity contribution in [1.29, 1.82) is 0 Å². The van der Waals surface area contributed by atoms with Gasteiger partial charge in [0, 0.05) is 6.54 Å². The smallest absolute Gasteiger partial charge is 0.407 e. The van der Waals surface area contributed by atoms with Crippen molar-refractivity contribution < 1.29 is 19.4 Å². The van der Waals surface area contributed by atoms with Gasteiger partial charge in [-0.2, -0.15) is 0 Å². The molecule has 0 spiro atoms. The molecule has 21 heavy (non-hydrogen) atoms. The first-order valence-corrected chi connectivity index (χ1v) is 7.10. The van der Waals surface area contributed by atoms with Crippen molar-refractivity contribution in [1.82, 2.24) is 5.32 Å². The number of hydrogen-bond acceptors (Lipinski definition) is 4. The van der Waals surface area contributed by atoms with Crippen molar-refractivity contribution in [2.24, 2.45) is 0 Å². The van der Waals surface area contributed by atoms with Gasteiger partial charge in [0.1, 0.15) is 11.4 Å². The molecule has 0 aliphatic carbocycles. The Hall–Kier alpha value is -1.75. The van der Waals surface area contributed by atoms with Gasteiger partial charge in [-0.1, -0.05) is 12.1 Å². The highest BCUT2D eigenvalue weighted by Gasteiger charge is 2.15. The van der Waals surface area contributed by atoms with Crippen LogP contribution in [0.4, 0.5) is 4.79 Å². The molecule has 1 aromatic carbocycles. The zero-order valence-corrected chi connectivity index (χ0v) is 13.2. The largest absolute Gasteiger partial charge is 0.497 e. The monoisotopic (exact) mass is 295 g/mol. The zero-order valence-electron chi connectivity index (χ0n) is 13.2. The van der Waals surface area contributed by atoms with Crippen LogP contribution >= 0.6 is 0 Å². The van der Waals surface area contributed by atoms with E-state index in [1.807, 2.05) is 45.0 Å². The van der Waals surface area contributed by atoms with Gasteiger partial charge in [-0.3, -0.25) is 0 Å². The van der Waals surface area contributed by atoms with Crippen LogP contribution in [0.1, 0.15) is 45.3 Å². The number of aliphatic hydroxyl groups excluding tert-OH is 1. The lowest BCUT2D eigenvalue weighted by atomic mass is 10.0. The van der Waals surface area contributed by atoms with E-state index in [-0.39, 0.29) is 0 Å². The summed E-state index contributed by atoms with van der Waals surface area (Å²) in [5.74, 6) is 0.762. The third-order valence-electron chi connectivity index (χ3n) is 2.82. The molecule has 0 saturated heterocycles. The number of rotatable bonds is 6. The third-order valence-corrected chi connectivity index (χ3v) is 2.82. The molecule has 1 aromatic rings. The Kier molecular flexibility index (Phi) is 6.49. The Morgan fingerprint density at radius 2 is 1.90 bits per heavy atom. The molecule has 0 aromatic heterocycles. The topological polar surface area (TPSA) is 67.8 Å². The lowest BCUT2D eigenvalue weighted by molar-refractivity contribution is 0.0523. The number of aliphatic hydroxyl groups is 1. The van der Waals surface area contributed by atoms with Crippen molar-refractivity contribution in [3.63, 3.8) is 0 Å². The maximum Gasteiger partial charge on any atom is 0.407 e. The van der Waals surface area contributed by atoms with E-state index < -0.39 is 17.8 Å². The number of amides is 1. The molecule has 0 heterocycles. The van der Waals surface area contributed by atoms with Gasteiger partial charge in [-0.05, 0) is 51.3 Å². The Morgan fingerprint density at radius 3 is 2.43 bits per heavy atom. The second kappa shape index (κ2) is 7.88. The van der Waals surface area contributed by atoms with Crippen molar-refractivity contribution in [3.8, 4) is 5.75 Å². The van der Waals surface area contributed by atoms with Gasteiger partial charge in [0.25, 0.3) is 0 Å². The maximum absolute atomic E-state index is 11.4. The minimum Gasteiger partial charge on any atom is -0.497 e. The van der Waals surface area contributed by atoms with E-state index in [1.165, 1.54) is 0 Å². The van der Waals surface area contributed by atoms with Crippen LogP contribution in [0.15, 0.2) is 24.3 Å². The Morgan fingerprint density at radius 1 is 1.29 bits per heavy atom. The Balaban J connectivity index is 2.27. The second-order valence-electron chi connectivity index (χ2n) is 5.86. The summed E-state index contributed by atoms with van der Waals surface area (Å²) in [6.45, 7) is 5.93. The molecule has 0 unspecified atom stereocenters. The molecule has 118 valence electrons. The number of benzene rings is 1. The van der Waals surface area contributed by atoms with Crippen LogP contribution in [0, 0.1) is 0 Å². The number of alkyl carbamates (subject to hydrolysis) is 1. The summed E-state index contributed by atoms with van der Waals surface area (Å²) in [4.78, 5) is 11.4. The number of ether oxygens (including phenoxy) is 2. The summed E-state index contributed by atoms with van der Waals surface area (Å²) in [6, 6.07) is 7.31. The SMILES string of the molecule is COc1ccc([C@H](O)CCCNC(=O)OC(C)(C)C)cc1. The molecule has 5 nitrogen and oxygen atoms in total. The number of nitrogens with one attached hydrogen (secondary N) is 1. The summed E-state index contributed by atoms with van der Waals surface area (Å²) in [6.07, 6.45) is 0.270. The van der Waals surface area contributed by atoms with Crippen molar-refractivity contribution in [2.45, 2.75) is 45.3 Å². The van der Waals surface area contributed by atoms with Gasteiger partial charge in [0.05, 0.1) is 13.2 Å². The molecule has 0 bridgehead atoms. The van der Waals surface area contributed by atoms with Gasteiger partial charge >= 0.3 is 6.09 Å². The van der Waals surface area contributed by atoms with E-state index in [1.54, 1.807) is 7.11 Å². The molecule has 1 rings (SSSR count). The van der Waals surface area contributed by atoms with E-state index in [9.17, 15) is 9.90 Å². The van der Waals surface area contributed by atoms with Gasteiger partial charge in [0.2, 0.25) is 0 Å². The molecular formula is C16H25NO4. The normalized spacial score (nSPS) is 12.6. The van der Waals surface area contributed by atoms with Crippen LogP contribution in [-0.2, 0) is 4.74 Å². The number of methoxy groups -OCH3 is 1. The third kappa shape index (κ3) is 6.99. The standard InChI is InChI=1S/C16H25NO4/c1-16(2,3)21-15(19)17-11-5-6-14(18)12-7-9-13(20-4)10-8-12/h7-10,14,18H,5-6,11H2,1-4H3,(H,17,19)/t14-/m1/s1. The van der Waals surface area contributed by atoms with Gasteiger partial charge in [-0.25, -0.2) is 4.79 Å². The minimum absolute atomic E-state index is 0.429. The van der Waals surface area contributed by atoms with Crippen LogP contribution in [-0.4, -0.2) is 30.5 Å². The minimum atomic E-state index is -0.545. The van der Waals surface area contributed by atoms with Crippen molar-refractivity contribution >= 4 is 6.09 Å². The quantitative estimate of drug-likeness (QED) is 0.792. The predicted molar refractivity (Wildman–Crippen MR) is 81.4 cm³/mol. The van der Waals surface area contributed by atoms with E-state index in [2.05, 4.69) is 5.32 Å². The highest BCUT2D eigenvalue weighted by molar-refractivity contribution is 5.67. The average Bonchev–Trinajstić information content (AvgIpc) is 2.41. The summed E-state index contributed by atoms with van der Waals surface area (Å²) < 4.78 is 10.2. The molecule has 0 fully saturated rings. The summed E-state index contributed by atoms with van der Waals surface area (Å²) in [5.41, 5.74) is 0.347. The molecule has 1 amide bonds. The molecular weight excluding hydrogens is 270 g/mol. The first kappa shape index (κ1) is 17.3. The summed E-state index contributed by atoms with van der Waals surface area (Å²) in [7, 11) is 1.60. The van der Waals surface area contributed by atoms with E-state index in [0.29, 0.717) is 19.4 Å². The fourth-order valence-corrected chi connectivity index (χ4v) is 1.79. The highest BCUT2D eigenvalue weighted by atomic mass is 16.6. The number of carbonyl (C=O) groups excluding carboxylic acids is 1. The van der Waals surface area contributed by atoms with E-state index >= 15 is 0 Å². The van der Waals surface area contributed by atoms with E-state index in [0.717, 1.165) is 11.3 Å². The molecule has 0 aliphatic rings. The van der Waals surface area contributed by atoms with Crippen LogP contribution in [0.5, 0.6) is 5.75 Å². The summed E-state index contributed by atoms with van der Waals surface area (Å²) >= 11 is 0. The van der Waals surface area contributed by atoms with Crippen LogP contribution in [0.25, 0.3) is 0 Å². The zero-order chi connectivity index (χ0) is 15.9. The summed E-state index contributed by atoms with van der Waals surface area (Å²) in [5, 5.41) is 12.7. The second-order valence-corrected chi connectivity index (χ2v) is 5.86. The average molecular weight is 295 g/mol.